The Morgan fingerprint density at radius 2 is 2.39 bits per heavy atom. The van der Waals surface area contributed by atoms with Crippen molar-refractivity contribution in [2.75, 3.05) is 26.9 Å². The van der Waals surface area contributed by atoms with Gasteiger partial charge in [0, 0.05) is 30.5 Å². The molecule has 0 radical (unpaired) electrons. The maximum absolute atomic E-state index is 11.0. The zero-order valence-corrected chi connectivity index (χ0v) is 13.7. The fourth-order valence-electron chi connectivity index (χ4n) is 2.66. The second-order valence-electron chi connectivity index (χ2n) is 5.41. The second-order valence-corrected chi connectivity index (χ2v) is 6.40. The number of methoxy groups -OCH3 is 1. The van der Waals surface area contributed by atoms with E-state index < -0.39 is 5.97 Å². The summed E-state index contributed by atoms with van der Waals surface area (Å²) >= 11 is 1.47. The normalized spacial score (nSPS) is 19.1. The molecule has 2 aromatic heterocycles. The smallest absolute Gasteiger partial charge is 0.336 e. The Hall–Kier alpha value is -1.67. The molecule has 0 amide bonds. The van der Waals surface area contributed by atoms with Gasteiger partial charge in [0.15, 0.2) is 0 Å². The Kier molecular flexibility index (Phi) is 5.12. The fraction of sp³-hybridized carbons (Fsp3) is 0.438. The van der Waals surface area contributed by atoms with E-state index in [1.165, 1.54) is 11.3 Å². The van der Waals surface area contributed by atoms with Gasteiger partial charge in [-0.3, -0.25) is 4.90 Å². The van der Waals surface area contributed by atoms with Gasteiger partial charge >= 0.3 is 5.97 Å². The molecule has 1 unspecified atom stereocenters. The third kappa shape index (κ3) is 3.81. The minimum absolute atomic E-state index is 0.0322. The van der Waals surface area contributed by atoms with Crippen molar-refractivity contribution < 1.29 is 23.8 Å². The van der Waals surface area contributed by atoms with E-state index >= 15 is 0 Å². The maximum atomic E-state index is 11.0. The summed E-state index contributed by atoms with van der Waals surface area (Å²) in [5.41, 5.74) is 0.343. The van der Waals surface area contributed by atoms with Crippen LogP contribution in [0.2, 0.25) is 0 Å². The van der Waals surface area contributed by atoms with E-state index in [0.717, 1.165) is 22.9 Å². The van der Waals surface area contributed by atoms with Crippen LogP contribution in [0.4, 0.5) is 0 Å². The SMILES string of the molecule is COCc1ccc(C2COCCN2Cc2cc(C(=O)O)cs2)o1. The molecule has 1 N–H and O–H groups in total. The Morgan fingerprint density at radius 1 is 1.52 bits per heavy atom. The predicted octanol–water partition coefficient (Wildman–Crippen LogP) is 2.76. The molecule has 6 nitrogen and oxygen atoms in total. The number of hydrogen-bond donors (Lipinski definition) is 1. The monoisotopic (exact) mass is 337 g/mol. The van der Waals surface area contributed by atoms with Gasteiger partial charge in [-0.25, -0.2) is 4.79 Å². The topological polar surface area (TPSA) is 72.1 Å². The van der Waals surface area contributed by atoms with Crippen LogP contribution in [0.5, 0.6) is 0 Å². The molecular formula is C16H19NO5S. The second kappa shape index (κ2) is 7.27. The molecule has 0 spiro atoms. The molecule has 1 aliphatic heterocycles. The molecule has 0 saturated carbocycles. The lowest BCUT2D eigenvalue weighted by atomic mass is 10.1. The number of hydrogen-bond acceptors (Lipinski definition) is 6. The third-order valence-corrected chi connectivity index (χ3v) is 4.72. The Bertz CT molecular complexity index is 665. The third-order valence-electron chi connectivity index (χ3n) is 3.80. The molecule has 0 bridgehead atoms. The molecule has 3 rings (SSSR count). The first-order valence-electron chi connectivity index (χ1n) is 7.37. The molecule has 7 heteroatoms. The fourth-order valence-corrected chi connectivity index (χ4v) is 3.54. The highest BCUT2D eigenvalue weighted by atomic mass is 32.1. The molecule has 3 heterocycles. The first-order valence-corrected chi connectivity index (χ1v) is 8.25. The van der Waals surface area contributed by atoms with Crippen LogP contribution in [0.25, 0.3) is 0 Å². The van der Waals surface area contributed by atoms with Gasteiger partial charge in [-0.15, -0.1) is 11.3 Å². The summed E-state index contributed by atoms with van der Waals surface area (Å²) in [7, 11) is 1.63. The number of ether oxygens (including phenoxy) is 2. The summed E-state index contributed by atoms with van der Waals surface area (Å²) < 4.78 is 16.5. The molecule has 2 aromatic rings. The molecule has 1 atom stereocenters. The molecule has 1 aliphatic rings. The number of aromatic carboxylic acids is 1. The van der Waals surface area contributed by atoms with Crippen LogP contribution in [0, 0.1) is 0 Å². The lowest BCUT2D eigenvalue weighted by Gasteiger charge is -2.34. The minimum Gasteiger partial charge on any atom is -0.478 e. The van der Waals surface area contributed by atoms with Gasteiger partial charge in [0.05, 0.1) is 24.8 Å². The van der Waals surface area contributed by atoms with Crippen LogP contribution in [-0.4, -0.2) is 42.8 Å². The van der Waals surface area contributed by atoms with Gasteiger partial charge in [0.25, 0.3) is 0 Å². The van der Waals surface area contributed by atoms with E-state index in [4.69, 9.17) is 19.0 Å². The summed E-state index contributed by atoms with van der Waals surface area (Å²) in [6, 6.07) is 5.64. The van der Waals surface area contributed by atoms with Crippen LogP contribution in [0.1, 0.15) is 32.8 Å². The summed E-state index contributed by atoms with van der Waals surface area (Å²) in [6.07, 6.45) is 0. The first-order chi connectivity index (χ1) is 11.2. The zero-order chi connectivity index (χ0) is 16.2. The van der Waals surface area contributed by atoms with E-state index in [9.17, 15) is 4.79 Å². The summed E-state index contributed by atoms with van der Waals surface area (Å²) in [5.74, 6) is 0.755. The minimum atomic E-state index is -0.888. The number of rotatable bonds is 6. The van der Waals surface area contributed by atoms with Gasteiger partial charge in [0.2, 0.25) is 0 Å². The van der Waals surface area contributed by atoms with Crippen molar-refractivity contribution in [3.8, 4) is 0 Å². The largest absolute Gasteiger partial charge is 0.478 e. The van der Waals surface area contributed by atoms with Crippen molar-refractivity contribution in [2.24, 2.45) is 0 Å². The summed E-state index contributed by atoms with van der Waals surface area (Å²) in [6.45, 7) is 3.15. The van der Waals surface area contributed by atoms with Crippen molar-refractivity contribution in [2.45, 2.75) is 19.2 Å². The number of thiophene rings is 1. The van der Waals surface area contributed by atoms with Gasteiger partial charge in [0.1, 0.15) is 18.1 Å². The summed E-state index contributed by atoms with van der Waals surface area (Å²) in [4.78, 5) is 14.3. The first kappa shape index (κ1) is 16.2. The van der Waals surface area contributed by atoms with Crippen molar-refractivity contribution in [1.29, 1.82) is 0 Å². The molecule has 0 aromatic carbocycles. The molecule has 1 saturated heterocycles. The Balaban J connectivity index is 1.73. The predicted molar refractivity (Wildman–Crippen MR) is 84.7 cm³/mol. The highest BCUT2D eigenvalue weighted by Crippen LogP contribution is 2.29. The Morgan fingerprint density at radius 3 is 3.13 bits per heavy atom. The van der Waals surface area contributed by atoms with Gasteiger partial charge in [-0.1, -0.05) is 0 Å². The van der Waals surface area contributed by atoms with Crippen LogP contribution in [-0.2, 0) is 22.6 Å². The van der Waals surface area contributed by atoms with E-state index in [1.54, 1.807) is 18.6 Å². The lowest BCUT2D eigenvalue weighted by Crippen LogP contribution is -2.38. The molecule has 0 aliphatic carbocycles. The van der Waals surface area contributed by atoms with Crippen LogP contribution in [0.15, 0.2) is 28.0 Å². The lowest BCUT2D eigenvalue weighted by molar-refractivity contribution is -0.0206. The van der Waals surface area contributed by atoms with Gasteiger partial charge < -0.3 is 19.0 Å². The standard InChI is InChI=1S/C16H19NO5S/c1-20-8-12-2-3-15(22-12)14-9-21-5-4-17(14)7-13-6-11(10-23-13)16(18)19/h2-3,6,10,14H,4-5,7-9H2,1H3,(H,18,19). The van der Waals surface area contributed by atoms with E-state index in [2.05, 4.69) is 4.90 Å². The van der Waals surface area contributed by atoms with Crippen molar-refractivity contribution in [3.05, 3.63) is 45.5 Å². The molecule has 23 heavy (non-hydrogen) atoms. The highest BCUT2D eigenvalue weighted by Gasteiger charge is 2.27. The van der Waals surface area contributed by atoms with Crippen molar-refractivity contribution >= 4 is 17.3 Å². The van der Waals surface area contributed by atoms with Crippen molar-refractivity contribution in [1.82, 2.24) is 4.90 Å². The van der Waals surface area contributed by atoms with E-state index in [0.29, 0.717) is 31.9 Å². The van der Waals surface area contributed by atoms with Crippen LogP contribution in [0.3, 0.4) is 0 Å². The molecule has 124 valence electrons. The highest BCUT2D eigenvalue weighted by molar-refractivity contribution is 7.10. The number of furan rings is 1. The average Bonchev–Trinajstić information content (AvgIpc) is 3.18. The zero-order valence-electron chi connectivity index (χ0n) is 12.9. The number of carbonyl (C=O) groups is 1. The van der Waals surface area contributed by atoms with E-state index in [1.807, 2.05) is 12.1 Å². The number of morpholine rings is 1. The van der Waals surface area contributed by atoms with Gasteiger partial charge in [-0.2, -0.15) is 0 Å². The quantitative estimate of drug-likeness (QED) is 0.874. The number of carboxylic acids is 1. The van der Waals surface area contributed by atoms with Crippen LogP contribution >= 0.6 is 11.3 Å². The maximum Gasteiger partial charge on any atom is 0.336 e. The van der Waals surface area contributed by atoms with E-state index in [-0.39, 0.29) is 6.04 Å². The summed E-state index contributed by atoms with van der Waals surface area (Å²) in [5, 5.41) is 10.7. The molecule has 1 fully saturated rings. The number of carboxylic acid groups (broad SMARTS) is 1. The van der Waals surface area contributed by atoms with Gasteiger partial charge in [-0.05, 0) is 18.2 Å². The Labute approximate surface area is 138 Å². The van der Waals surface area contributed by atoms with Crippen LogP contribution < -0.4 is 0 Å². The van der Waals surface area contributed by atoms with Crippen molar-refractivity contribution in [3.63, 3.8) is 0 Å². The average molecular weight is 337 g/mol. The molecular weight excluding hydrogens is 318 g/mol. The number of nitrogens with zero attached hydrogens (tertiary/aromatic N) is 1.